The predicted molar refractivity (Wildman–Crippen MR) is 176 cm³/mol. The molecular formula is C36H41N5O4. The molecule has 0 aliphatic carbocycles. The van der Waals surface area contributed by atoms with E-state index in [-0.39, 0.29) is 17.0 Å². The summed E-state index contributed by atoms with van der Waals surface area (Å²) in [4.78, 5) is 43.8. The van der Waals surface area contributed by atoms with Gasteiger partial charge in [-0.05, 0) is 75.9 Å². The third-order valence-corrected chi connectivity index (χ3v) is 9.39. The number of carbonyl (C=O) groups is 2. The number of primary amides is 1. The van der Waals surface area contributed by atoms with Crippen molar-refractivity contribution in [1.29, 1.82) is 0 Å². The van der Waals surface area contributed by atoms with Crippen LogP contribution in [0.15, 0.2) is 101 Å². The van der Waals surface area contributed by atoms with Gasteiger partial charge in [0.25, 0.3) is 5.69 Å². The number of nitrogens with one attached hydrogen (secondary N) is 1. The number of non-ortho nitro benzene ring substituents is 1. The summed E-state index contributed by atoms with van der Waals surface area (Å²) in [5.74, 6) is -2.40. The number of aliphatic imine (C=N–C) groups is 1. The van der Waals surface area contributed by atoms with Crippen LogP contribution in [0.25, 0.3) is 0 Å². The van der Waals surface area contributed by atoms with Crippen molar-refractivity contribution in [3.05, 3.63) is 123 Å². The number of nitro benzene ring substituents is 1. The fraction of sp³-hybridized carbons (Fsp3) is 0.361. The second kappa shape index (κ2) is 14.0. The van der Waals surface area contributed by atoms with Crippen molar-refractivity contribution < 1.29 is 14.5 Å². The molecule has 0 saturated carbocycles. The Bertz CT molecular complexity index is 1540. The quantitative estimate of drug-likeness (QED) is 0.169. The van der Waals surface area contributed by atoms with Gasteiger partial charge >= 0.3 is 0 Å². The molecule has 2 amide bonds. The van der Waals surface area contributed by atoms with E-state index < -0.39 is 22.7 Å². The standard InChI is InChI=1S/C36H41N5O4/c1-25-31(34(37)42)33(27-15-17-30(18-16-27)41(44)45)32(26(2)39-25)35(43)38-21-9-10-22-40-23-19-36(20-24-40,28-11-5-3-6-12-28)29-13-7-4-8-14-29/h3-8,11-18,31,33H,9-10,19-24H2,1-2H3,(H2,37,42)(H,38,43). The molecule has 3 aromatic carbocycles. The van der Waals surface area contributed by atoms with Gasteiger partial charge in [-0.15, -0.1) is 0 Å². The number of likely N-dealkylation sites (tertiary alicyclic amines) is 1. The second-order valence-corrected chi connectivity index (χ2v) is 12.1. The number of amides is 2. The maximum atomic E-state index is 13.5. The summed E-state index contributed by atoms with van der Waals surface area (Å²) in [5, 5.41) is 14.2. The minimum atomic E-state index is -0.825. The zero-order valence-electron chi connectivity index (χ0n) is 25.9. The highest BCUT2D eigenvalue weighted by Crippen LogP contribution is 2.42. The first-order chi connectivity index (χ1) is 21.7. The molecule has 9 nitrogen and oxygen atoms in total. The van der Waals surface area contributed by atoms with Crippen LogP contribution in [-0.2, 0) is 15.0 Å². The number of nitro groups is 1. The highest BCUT2D eigenvalue weighted by Gasteiger charge is 2.40. The van der Waals surface area contributed by atoms with Crippen molar-refractivity contribution >= 4 is 23.2 Å². The third kappa shape index (κ3) is 6.88. The molecule has 3 N–H and O–H groups in total. The fourth-order valence-corrected chi connectivity index (χ4v) is 7.04. The molecule has 0 aromatic heterocycles. The maximum Gasteiger partial charge on any atom is 0.269 e. The third-order valence-electron chi connectivity index (χ3n) is 9.39. The number of rotatable bonds is 11. The minimum absolute atomic E-state index is 0.0163. The van der Waals surface area contributed by atoms with E-state index in [1.807, 2.05) is 0 Å². The van der Waals surface area contributed by atoms with Gasteiger partial charge in [0, 0.05) is 47.0 Å². The first-order valence-electron chi connectivity index (χ1n) is 15.6. The molecule has 0 radical (unpaired) electrons. The van der Waals surface area contributed by atoms with E-state index in [9.17, 15) is 19.7 Å². The molecule has 2 heterocycles. The molecule has 1 saturated heterocycles. The fourth-order valence-electron chi connectivity index (χ4n) is 7.04. The molecule has 0 spiro atoms. The Hall–Kier alpha value is -4.63. The predicted octanol–water partition coefficient (Wildman–Crippen LogP) is 5.51. The Kier molecular flexibility index (Phi) is 9.88. The monoisotopic (exact) mass is 607 g/mol. The SMILES string of the molecule is CC1=NC(C)=C(C(=O)NCCCCN2CCC(c3ccccc3)(c3ccccc3)CC2)C(c2ccc([N+](=O)[O-])cc2)C1C(N)=O. The topological polar surface area (TPSA) is 131 Å². The van der Waals surface area contributed by atoms with Crippen LogP contribution in [0.1, 0.15) is 62.1 Å². The molecule has 2 aliphatic heterocycles. The average molecular weight is 608 g/mol. The molecule has 45 heavy (non-hydrogen) atoms. The summed E-state index contributed by atoms with van der Waals surface area (Å²) in [7, 11) is 0. The van der Waals surface area contributed by atoms with Crippen LogP contribution in [0.3, 0.4) is 0 Å². The number of piperidine rings is 1. The highest BCUT2D eigenvalue weighted by atomic mass is 16.6. The highest BCUT2D eigenvalue weighted by molar-refractivity contribution is 6.08. The van der Waals surface area contributed by atoms with Gasteiger partial charge in [0.2, 0.25) is 11.8 Å². The Morgan fingerprint density at radius 1 is 0.933 bits per heavy atom. The van der Waals surface area contributed by atoms with Gasteiger partial charge in [0.1, 0.15) is 0 Å². The first kappa shape index (κ1) is 31.8. The van der Waals surface area contributed by atoms with Crippen molar-refractivity contribution in [3.63, 3.8) is 0 Å². The number of hydrogen-bond acceptors (Lipinski definition) is 6. The van der Waals surface area contributed by atoms with E-state index in [2.05, 4.69) is 75.9 Å². The number of allylic oxidation sites excluding steroid dienone is 1. The van der Waals surface area contributed by atoms with E-state index in [1.54, 1.807) is 26.0 Å². The van der Waals surface area contributed by atoms with Crippen LogP contribution < -0.4 is 11.1 Å². The lowest BCUT2D eigenvalue weighted by Crippen LogP contribution is -2.43. The van der Waals surface area contributed by atoms with E-state index in [1.165, 1.54) is 23.3 Å². The lowest BCUT2D eigenvalue weighted by molar-refractivity contribution is -0.384. The zero-order chi connectivity index (χ0) is 32.0. The second-order valence-electron chi connectivity index (χ2n) is 12.1. The smallest absolute Gasteiger partial charge is 0.269 e. The first-order valence-corrected chi connectivity index (χ1v) is 15.6. The molecule has 234 valence electrons. The Balaban J connectivity index is 1.18. The van der Waals surface area contributed by atoms with E-state index in [0.717, 1.165) is 45.3 Å². The van der Waals surface area contributed by atoms with E-state index in [0.29, 0.717) is 29.1 Å². The molecule has 5 rings (SSSR count). The maximum absolute atomic E-state index is 13.5. The van der Waals surface area contributed by atoms with Gasteiger partial charge in [-0.25, -0.2) is 0 Å². The van der Waals surface area contributed by atoms with Crippen LogP contribution in [0.4, 0.5) is 5.69 Å². The minimum Gasteiger partial charge on any atom is -0.369 e. The molecule has 0 bridgehead atoms. The summed E-state index contributed by atoms with van der Waals surface area (Å²) in [6, 6.07) is 27.6. The van der Waals surface area contributed by atoms with Crippen LogP contribution >= 0.6 is 0 Å². The summed E-state index contributed by atoms with van der Waals surface area (Å²) in [6.07, 6.45) is 3.85. The van der Waals surface area contributed by atoms with Crippen LogP contribution in [0.5, 0.6) is 0 Å². The van der Waals surface area contributed by atoms with Gasteiger partial charge in [-0.1, -0.05) is 72.8 Å². The molecule has 3 aromatic rings. The van der Waals surface area contributed by atoms with Gasteiger partial charge in [0.05, 0.1) is 10.8 Å². The molecule has 2 aliphatic rings. The molecule has 9 heteroatoms. The van der Waals surface area contributed by atoms with Crippen molar-refractivity contribution in [2.45, 2.75) is 50.9 Å². The number of unbranched alkanes of at least 4 members (excludes halogenated alkanes) is 1. The molecule has 2 unspecified atom stereocenters. The van der Waals surface area contributed by atoms with Crippen molar-refractivity contribution in [2.75, 3.05) is 26.2 Å². The van der Waals surface area contributed by atoms with Crippen molar-refractivity contribution in [2.24, 2.45) is 16.6 Å². The summed E-state index contributed by atoms with van der Waals surface area (Å²) < 4.78 is 0. The van der Waals surface area contributed by atoms with E-state index in [4.69, 9.17) is 5.73 Å². The van der Waals surface area contributed by atoms with E-state index >= 15 is 0 Å². The van der Waals surface area contributed by atoms with Crippen molar-refractivity contribution in [1.82, 2.24) is 10.2 Å². The number of benzene rings is 3. The molecule has 1 fully saturated rings. The average Bonchev–Trinajstić information content (AvgIpc) is 3.05. The zero-order valence-corrected chi connectivity index (χ0v) is 25.9. The number of hydrogen-bond donors (Lipinski definition) is 2. The summed E-state index contributed by atoms with van der Waals surface area (Å²) in [6.45, 7) is 6.91. The van der Waals surface area contributed by atoms with Crippen molar-refractivity contribution in [3.8, 4) is 0 Å². The van der Waals surface area contributed by atoms with Crippen LogP contribution in [-0.4, -0.2) is 53.5 Å². The van der Waals surface area contributed by atoms with Gasteiger partial charge in [-0.2, -0.15) is 0 Å². The van der Waals surface area contributed by atoms with Gasteiger partial charge in [0.15, 0.2) is 0 Å². The normalized spacial score (nSPS) is 19.9. The largest absolute Gasteiger partial charge is 0.369 e. The molecule has 2 atom stereocenters. The molecular weight excluding hydrogens is 566 g/mol. The Labute approximate surface area is 264 Å². The Morgan fingerprint density at radius 3 is 2.04 bits per heavy atom. The van der Waals surface area contributed by atoms with Crippen LogP contribution in [0, 0.1) is 16.0 Å². The lowest BCUT2D eigenvalue weighted by Gasteiger charge is -2.43. The summed E-state index contributed by atoms with van der Waals surface area (Å²) in [5.41, 5.74) is 10.5. The number of nitrogens with zero attached hydrogens (tertiary/aromatic N) is 3. The van der Waals surface area contributed by atoms with Gasteiger partial charge in [-0.3, -0.25) is 24.7 Å². The number of nitrogens with two attached hydrogens (primary N) is 1. The van der Waals surface area contributed by atoms with Crippen LogP contribution in [0.2, 0.25) is 0 Å². The summed E-state index contributed by atoms with van der Waals surface area (Å²) >= 11 is 0. The number of carbonyl (C=O) groups excluding carboxylic acids is 2. The lowest BCUT2D eigenvalue weighted by atomic mass is 9.68. The van der Waals surface area contributed by atoms with Gasteiger partial charge < -0.3 is 16.0 Å². The Morgan fingerprint density at radius 2 is 1.51 bits per heavy atom.